The van der Waals surface area contributed by atoms with Crippen molar-refractivity contribution in [2.45, 2.75) is 207 Å². The van der Waals surface area contributed by atoms with Crippen LogP contribution >= 0.6 is 0 Å². The second-order valence-electron chi connectivity index (χ2n) is 16.1. The number of ether oxygens (including phenoxy) is 3. The summed E-state index contributed by atoms with van der Waals surface area (Å²) in [6.07, 6.45) is 68.9. The molecule has 6 nitrogen and oxygen atoms in total. The third-order valence-electron chi connectivity index (χ3n) is 10.1. The van der Waals surface area contributed by atoms with Crippen LogP contribution in [0.25, 0.3) is 0 Å². The largest absolute Gasteiger partial charge is 0.462 e. The lowest BCUT2D eigenvalue weighted by Gasteiger charge is -2.18. The molecule has 0 saturated carbocycles. The van der Waals surface area contributed by atoms with E-state index in [4.69, 9.17) is 14.2 Å². The number of hydrogen-bond donors (Lipinski definition) is 0. The molecule has 0 rings (SSSR count). The van der Waals surface area contributed by atoms with Gasteiger partial charge in [0.25, 0.3) is 0 Å². The Labute approximate surface area is 386 Å². The van der Waals surface area contributed by atoms with Crippen LogP contribution in [0.2, 0.25) is 0 Å². The maximum Gasteiger partial charge on any atom is 0.306 e. The van der Waals surface area contributed by atoms with Crippen molar-refractivity contribution in [1.29, 1.82) is 0 Å². The Morgan fingerprint density at radius 1 is 0.349 bits per heavy atom. The van der Waals surface area contributed by atoms with Gasteiger partial charge in [0, 0.05) is 19.3 Å². The van der Waals surface area contributed by atoms with E-state index in [1.54, 1.807) is 0 Å². The summed E-state index contributed by atoms with van der Waals surface area (Å²) in [5.74, 6) is -0.988. The number of hydrogen-bond acceptors (Lipinski definition) is 6. The zero-order chi connectivity index (χ0) is 45.8. The Morgan fingerprint density at radius 3 is 1.16 bits per heavy atom. The third-order valence-corrected chi connectivity index (χ3v) is 10.1. The highest BCUT2D eigenvalue weighted by Crippen LogP contribution is 2.13. The zero-order valence-corrected chi connectivity index (χ0v) is 40.3. The quantitative estimate of drug-likeness (QED) is 0.0200. The van der Waals surface area contributed by atoms with E-state index >= 15 is 0 Å². The Bertz CT molecular complexity index is 1370. The Morgan fingerprint density at radius 2 is 0.698 bits per heavy atom. The van der Waals surface area contributed by atoms with Crippen molar-refractivity contribution in [3.63, 3.8) is 0 Å². The summed E-state index contributed by atoms with van der Waals surface area (Å²) in [4.78, 5) is 37.9. The van der Waals surface area contributed by atoms with Crippen molar-refractivity contribution < 1.29 is 28.6 Å². The molecule has 0 aromatic rings. The van der Waals surface area contributed by atoms with Gasteiger partial charge in [-0.2, -0.15) is 0 Å². The molecular weight excluding hydrogens is 781 g/mol. The van der Waals surface area contributed by atoms with Gasteiger partial charge in [-0.1, -0.05) is 213 Å². The van der Waals surface area contributed by atoms with Crippen LogP contribution in [0.4, 0.5) is 0 Å². The molecule has 0 aliphatic rings. The highest BCUT2D eigenvalue weighted by atomic mass is 16.6. The van der Waals surface area contributed by atoms with E-state index in [2.05, 4.69) is 106 Å². The number of carbonyl (C=O) groups excluding carboxylic acids is 3. The predicted octanol–water partition coefficient (Wildman–Crippen LogP) is 16.5. The highest BCUT2D eigenvalue weighted by Gasteiger charge is 2.19. The van der Waals surface area contributed by atoms with Crippen LogP contribution < -0.4 is 0 Å². The van der Waals surface area contributed by atoms with E-state index in [9.17, 15) is 14.4 Å². The van der Waals surface area contributed by atoms with E-state index in [0.717, 1.165) is 116 Å². The van der Waals surface area contributed by atoms with Gasteiger partial charge >= 0.3 is 17.9 Å². The summed E-state index contributed by atoms with van der Waals surface area (Å²) < 4.78 is 16.7. The molecule has 1 atom stereocenters. The first-order valence-electron chi connectivity index (χ1n) is 25.1. The smallest absolute Gasteiger partial charge is 0.306 e. The van der Waals surface area contributed by atoms with E-state index in [0.29, 0.717) is 19.3 Å². The highest BCUT2D eigenvalue weighted by molar-refractivity contribution is 5.71. The summed E-state index contributed by atoms with van der Waals surface area (Å²) in [5.41, 5.74) is 0. The fourth-order valence-corrected chi connectivity index (χ4v) is 6.38. The molecule has 0 fully saturated rings. The molecule has 0 radical (unpaired) electrons. The van der Waals surface area contributed by atoms with Crippen LogP contribution in [0.15, 0.2) is 122 Å². The summed E-state index contributed by atoms with van der Waals surface area (Å²) in [7, 11) is 0. The van der Waals surface area contributed by atoms with Crippen molar-refractivity contribution in [2.24, 2.45) is 0 Å². The molecular formula is C57H90O6. The van der Waals surface area contributed by atoms with E-state index in [-0.39, 0.29) is 31.1 Å². The molecule has 354 valence electrons. The Balaban J connectivity index is 4.52. The van der Waals surface area contributed by atoms with Crippen molar-refractivity contribution in [2.75, 3.05) is 13.2 Å². The van der Waals surface area contributed by atoms with Crippen LogP contribution in [-0.4, -0.2) is 37.2 Å². The minimum Gasteiger partial charge on any atom is -0.462 e. The van der Waals surface area contributed by atoms with E-state index in [1.165, 1.54) is 44.9 Å². The van der Waals surface area contributed by atoms with Gasteiger partial charge in [-0.05, 0) is 89.9 Å². The molecule has 0 saturated heterocycles. The van der Waals surface area contributed by atoms with Gasteiger partial charge in [0.1, 0.15) is 13.2 Å². The average molecular weight is 871 g/mol. The molecule has 63 heavy (non-hydrogen) atoms. The van der Waals surface area contributed by atoms with Crippen molar-refractivity contribution in [3.8, 4) is 0 Å². The minimum atomic E-state index is -0.811. The fourth-order valence-electron chi connectivity index (χ4n) is 6.38. The van der Waals surface area contributed by atoms with Crippen molar-refractivity contribution >= 4 is 17.9 Å². The zero-order valence-electron chi connectivity index (χ0n) is 40.3. The second-order valence-corrected chi connectivity index (χ2v) is 16.1. The van der Waals surface area contributed by atoms with Gasteiger partial charge in [-0.3, -0.25) is 14.4 Å². The van der Waals surface area contributed by atoms with E-state index in [1.807, 2.05) is 36.5 Å². The molecule has 0 aliphatic carbocycles. The van der Waals surface area contributed by atoms with Crippen LogP contribution in [0, 0.1) is 0 Å². The Hall–Kier alpha value is -4.19. The molecule has 0 amide bonds. The molecule has 0 aromatic carbocycles. The Kier molecular flexibility index (Phi) is 47.1. The van der Waals surface area contributed by atoms with Crippen LogP contribution in [0.1, 0.15) is 201 Å². The molecule has 0 aromatic heterocycles. The lowest BCUT2D eigenvalue weighted by molar-refractivity contribution is -0.167. The molecule has 0 bridgehead atoms. The average Bonchev–Trinajstić information content (AvgIpc) is 3.28. The number of esters is 3. The first-order valence-corrected chi connectivity index (χ1v) is 25.1. The summed E-state index contributed by atoms with van der Waals surface area (Å²) >= 11 is 0. The first kappa shape index (κ1) is 58.8. The number of allylic oxidation sites excluding steroid dienone is 20. The van der Waals surface area contributed by atoms with Crippen molar-refractivity contribution in [3.05, 3.63) is 122 Å². The topological polar surface area (TPSA) is 78.9 Å². The van der Waals surface area contributed by atoms with E-state index < -0.39 is 6.10 Å². The summed E-state index contributed by atoms with van der Waals surface area (Å²) in [5, 5.41) is 0. The van der Waals surface area contributed by atoms with Crippen molar-refractivity contribution in [1.82, 2.24) is 0 Å². The standard InChI is InChI=1S/C57H90O6/c1-4-7-10-13-16-19-22-25-27-28-29-30-33-35-38-41-44-47-50-56(59)62-53-54(52-61-55(58)49-46-43-40-37-34-31-24-21-18-15-12-9-6-3)63-57(60)51-48-45-42-39-36-32-26-23-20-17-14-11-8-5-2/h8-9,11-12,15-22,24-25,27-31,34,54H,4-7,10,13-14,23,26,32-33,35-53H2,1-3H3/b11-8-,12-9-,18-15-,19-16-,20-17-,24-21-,25-22-,28-27-,30-29-,34-31-. The molecule has 6 heteroatoms. The second kappa shape index (κ2) is 50.5. The van der Waals surface area contributed by atoms with Gasteiger partial charge in [0.2, 0.25) is 0 Å². The first-order chi connectivity index (χ1) is 31.0. The molecule has 0 N–H and O–H groups in total. The van der Waals surface area contributed by atoms with Gasteiger partial charge < -0.3 is 14.2 Å². The summed E-state index contributed by atoms with van der Waals surface area (Å²) in [6, 6.07) is 0. The number of rotatable bonds is 43. The normalized spacial score (nSPS) is 13.1. The lowest BCUT2D eigenvalue weighted by atomic mass is 10.1. The maximum absolute atomic E-state index is 12.8. The molecule has 0 heterocycles. The summed E-state index contributed by atoms with van der Waals surface area (Å²) in [6.45, 7) is 6.27. The predicted molar refractivity (Wildman–Crippen MR) is 269 cm³/mol. The third kappa shape index (κ3) is 48.7. The van der Waals surface area contributed by atoms with Crippen LogP contribution in [0.3, 0.4) is 0 Å². The van der Waals surface area contributed by atoms with Gasteiger partial charge in [-0.25, -0.2) is 0 Å². The fraction of sp³-hybridized carbons (Fsp3) is 0.596. The maximum atomic E-state index is 12.8. The number of carbonyl (C=O) groups is 3. The van der Waals surface area contributed by atoms with Gasteiger partial charge in [-0.15, -0.1) is 0 Å². The van der Waals surface area contributed by atoms with Crippen LogP contribution in [-0.2, 0) is 28.6 Å². The minimum absolute atomic E-state index is 0.110. The van der Waals surface area contributed by atoms with Crippen LogP contribution in [0.5, 0.6) is 0 Å². The SMILES string of the molecule is CC\C=C/C=C\C=C/C=C\CCCCCC(=O)OCC(COC(=O)CCCCCCC\C=C/C=C\C=C/C=C\CCCCC)OC(=O)CCCCCCCCC/C=C\C/C=C\CC. The molecule has 0 aliphatic heterocycles. The lowest BCUT2D eigenvalue weighted by Crippen LogP contribution is -2.30. The number of unbranched alkanes of at least 4 members (excludes halogenated alkanes) is 18. The van der Waals surface area contributed by atoms with Gasteiger partial charge in [0.05, 0.1) is 0 Å². The monoisotopic (exact) mass is 871 g/mol. The molecule has 0 spiro atoms. The van der Waals surface area contributed by atoms with Gasteiger partial charge in [0.15, 0.2) is 6.10 Å². The molecule has 1 unspecified atom stereocenters.